The first-order valence-corrected chi connectivity index (χ1v) is 7.47. The number of anilines is 1. The Morgan fingerprint density at radius 2 is 2.14 bits per heavy atom. The fourth-order valence-corrected chi connectivity index (χ4v) is 2.73. The van der Waals surface area contributed by atoms with Crippen molar-refractivity contribution in [2.45, 2.75) is 20.4 Å². The first-order chi connectivity index (χ1) is 10.2. The Morgan fingerprint density at radius 3 is 2.86 bits per heavy atom. The van der Waals surface area contributed by atoms with E-state index in [-0.39, 0.29) is 5.97 Å². The van der Waals surface area contributed by atoms with Gasteiger partial charge >= 0.3 is 5.97 Å². The minimum Gasteiger partial charge on any atom is -0.496 e. The van der Waals surface area contributed by atoms with E-state index in [9.17, 15) is 4.79 Å². The third kappa shape index (κ3) is 3.72. The second-order valence-corrected chi connectivity index (χ2v) is 5.32. The molecule has 0 saturated heterocycles. The molecule has 1 aromatic carbocycles. The van der Waals surface area contributed by atoms with Crippen LogP contribution in [0.2, 0.25) is 0 Å². The molecule has 1 N–H and O–H groups in total. The van der Waals surface area contributed by atoms with Gasteiger partial charge in [-0.3, -0.25) is 0 Å². The van der Waals surface area contributed by atoms with Gasteiger partial charge < -0.3 is 14.8 Å². The average Bonchev–Trinajstić information content (AvgIpc) is 2.87. The number of methoxy groups -OCH3 is 1. The highest BCUT2D eigenvalue weighted by Crippen LogP contribution is 2.25. The van der Waals surface area contributed by atoms with Crippen molar-refractivity contribution in [1.29, 1.82) is 0 Å². The maximum absolute atomic E-state index is 11.8. The third-order valence-corrected chi connectivity index (χ3v) is 3.98. The number of aromatic nitrogens is 1. The molecule has 0 atom stereocenters. The summed E-state index contributed by atoms with van der Waals surface area (Å²) in [6.07, 6.45) is 0. The molecule has 112 valence electrons. The SMILES string of the molecule is CCOC(=O)c1sc(NCc2ccccc2OC)nc1C. The highest BCUT2D eigenvalue weighted by molar-refractivity contribution is 7.17. The fourth-order valence-electron chi connectivity index (χ4n) is 1.88. The number of thiazole rings is 1. The van der Waals surface area contributed by atoms with Gasteiger partial charge in [0.1, 0.15) is 10.6 Å². The molecule has 0 saturated carbocycles. The van der Waals surface area contributed by atoms with Gasteiger partial charge in [0.25, 0.3) is 0 Å². The summed E-state index contributed by atoms with van der Waals surface area (Å²) >= 11 is 1.30. The topological polar surface area (TPSA) is 60.5 Å². The predicted octanol–water partition coefficient (Wildman–Crippen LogP) is 3.25. The summed E-state index contributed by atoms with van der Waals surface area (Å²) in [5.74, 6) is 0.502. The molecule has 0 aliphatic heterocycles. The summed E-state index contributed by atoms with van der Waals surface area (Å²) in [5, 5.41) is 3.91. The van der Waals surface area contributed by atoms with Crippen molar-refractivity contribution in [1.82, 2.24) is 4.98 Å². The molecule has 0 fully saturated rings. The summed E-state index contributed by atoms with van der Waals surface area (Å²) < 4.78 is 10.3. The Bertz CT molecular complexity index is 625. The zero-order valence-electron chi connectivity index (χ0n) is 12.3. The van der Waals surface area contributed by atoms with Crippen LogP contribution in [0.15, 0.2) is 24.3 Å². The van der Waals surface area contributed by atoms with Gasteiger partial charge in [-0.2, -0.15) is 0 Å². The van der Waals surface area contributed by atoms with E-state index in [1.165, 1.54) is 11.3 Å². The number of esters is 1. The molecule has 6 heteroatoms. The number of hydrogen-bond acceptors (Lipinski definition) is 6. The van der Waals surface area contributed by atoms with Crippen molar-refractivity contribution in [2.75, 3.05) is 19.0 Å². The van der Waals surface area contributed by atoms with Gasteiger partial charge in [-0.1, -0.05) is 29.5 Å². The van der Waals surface area contributed by atoms with Gasteiger partial charge in [0.2, 0.25) is 0 Å². The lowest BCUT2D eigenvalue weighted by atomic mass is 10.2. The van der Waals surface area contributed by atoms with Crippen LogP contribution in [0.1, 0.15) is 27.9 Å². The van der Waals surface area contributed by atoms with Crippen molar-refractivity contribution in [2.24, 2.45) is 0 Å². The molecule has 0 amide bonds. The van der Waals surface area contributed by atoms with Crippen LogP contribution in [0.4, 0.5) is 5.13 Å². The van der Waals surface area contributed by atoms with E-state index in [1.807, 2.05) is 24.3 Å². The van der Waals surface area contributed by atoms with E-state index in [0.717, 1.165) is 11.3 Å². The molecule has 0 aliphatic carbocycles. The smallest absolute Gasteiger partial charge is 0.350 e. The van der Waals surface area contributed by atoms with Crippen LogP contribution in [0.3, 0.4) is 0 Å². The number of rotatable bonds is 6. The zero-order valence-corrected chi connectivity index (χ0v) is 13.1. The predicted molar refractivity (Wildman–Crippen MR) is 83.1 cm³/mol. The van der Waals surface area contributed by atoms with Gasteiger partial charge in [-0.05, 0) is 19.9 Å². The Morgan fingerprint density at radius 1 is 1.38 bits per heavy atom. The Labute approximate surface area is 127 Å². The monoisotopic (exact) mass is 306 g/mol. The van der Waals surface area contributed by atoms with Gasteiger partial charge in [0, 0.05) is 12.1 Å². The Hall–Kier alpha value is -2.08. The molecular formula is C15H18N2O3S. The number of nitrogens with one attached hydrogen (secondary N) is 1. The minimum absolute atomic E-state index is 0.321. The van der Waals surface area contributed by atoms with Gasteiger partial charge in [-0.15, -0.1) is 0 Å². The molecule has 5 nitrogen and oxygen atoms in total. The van der Waals surface area contributed by atoms with E-state index >= 15 is 0 Å². The lowest BCUT2D eigenvalue weighted by Gasteiger charge is -2.08. The Kier molecular flexibility index (Phi) is 5.16. The normalized spacial score (nSPS) is 10.2. The van der Waals surface area contributed by atoms with Crippen LogP contribution >= 0.6 is 11.3 Å². The molecule has 21 heavy (non-hydrogen) atoms. The summed E-state index contributed by atoms with van der Waals surface area (Å²) in [4.78, 5) is 16.6. The van der Waals surface area contributed by atoms with E-state index < -0.39 is 0 Å². The van der Waals surface area contributed by atoms with Crippen molar-refractivity contribution < 1.29 is 14.3 Å². The number of carbonyl (C=O) groups excluding carboxylic acids is 1. The van der Waals surface area contributed by atoms with Crippen LogP contribution in [-0.2, 0) is 11.3 Å². The second-order valence-electron chi connectivity index (χ2n) is 4.32. The largest absolute Gasteiger partial charge is 0.496 e. The van der Waals surface area contributed by atoms with Crippen LogP contribution in [0, 0.1) is 6.92 Å². The highest BCUT2D eigenvalue weighted by atomic mass is 32.1. The number of hydrogen-bond donors (Lipinski definition) is 1. The molecule has 1 heterocycles. The zero-order chi connectivity index (χ0) is 15.2. The molecular weight excluding hydrogens is 288 g/mol. The first-order valence-electron chi connectivity index (χ1n) is 6.66. The number of benzene rings is 1. The maximum Gasteiger partial charge on any atom is 0.350 e. The first kappa shape index (κ1) is 15.3. The summed E-state index contributed by atoms with van der Waals surface area (Å²) in [7, 11) is 1.64. The highest BCUT2D eigenvalue weighted by Gasteiger charge is 2.16. The molecule has 1 aromatic heterocycles. The fraction of sp³-hybridized carbons (Fsp3) is 0.333. The summed E-state index contributed by atoms with van der Waals surface area (Å²) in [6.45, 7) is 4.53. The Balaban J connectivity index is 2.07. The average molecular weight is 306 g/mol. The van der Waals surface area contributed by atoms with Crippen LogP contribution in [0.5, 0.6) is 5.75 Å². The van der Waals surface area contributed by atoms with Gasteiger partial charge in [0.05, 0.1) is 19.4 Å². The van der Waals surface area contributed by atoms with E-state index in [4.69, 9.17) is 9.47 Å². The molecule has 0 unspecified atom stereocenters. The number of nitrogens with zero attached hydrogens (tertiary/aromatic N) is 1. The van der Waals surface area contributed by atoms with Crippen LogP contribution < -0.4 is 10.1 Å². The lowest BCUT2D eigenvalue weighted by Crippen LogP contribution is -2.03. The number of carbonyl (C=O) groups is 1. The molecule has 0 aliphatic rings. The standard InChI is InChI=1S/C15H18N2O3S/c1-4-20-14(18)13-10(2)17-15(21-13)16-9-11-7-5-6-8-12(11)19-3/h5-8H,4,9H2,1-3H3,(H,16,17). The van der Waals surface area contributed by atoms with Crippen molar-refractivity contribution in [3.63, 3.8) is 0 Å². The van der Waals surface area contributed by atoms with Gasteiger partial charge in [0.15, 0.2) is 5.13 Å². The van der Waals surface area contributed by atoms with Crippen molar-refractivity contribution >= 4 is 22.4 Å². The molecule has 0 bridgehead atoms. The van der Waals surface area contributed by atoms with E-state index in [0.29, 0.717) is 28.9 Å². The number of para-hydroxylation sites is 1. The molecule has 0 spiro atoms. The van der Waals surface area contributed by atoms with Crippen LogP contribution in [0.25, 0.3) is 0 Å². The lowest BCUT2D eigenvalue weighted by molar-refractivity contribution is 0.0531. The third-order valence-electron chi connectivity index (χ3n) is 2.88. The second kappa shape index (κ2) is 7.08. The number of ether oxygens (including phenoxy) is 2. The van der Waals surface area contributed by atoms with E-state index in [2.05, 4.69) is 10.3 Å². The maximum atomic E-state index is 11.8. The summed E-state index contributed by atoms with van der Waals surface area (Å²) in [6, 6.07) is 7.78. The summed E-state index contributed by atoms with van der Waals surface area (Å²) in [5.41, 5.74) is 1.71. The van der Waals surface area contributed by atoms with E-state index in [1.54, 1.807) is 21.0 Å². The quantitative estimate of drug-likeness (QED) is 0.830. The van der Waals surface area contributed by atoms with Gasteiger partial charge in [-0.25, -0.2) is 9.78 Å². The molecule has 0 radical (unpaired) electrons. The number of aryl methyl sites for hydroxylation is 1. The minimum atomic E-state index is -0.321. The van der Waals surface area contributed by atoms with Crippen molar-refractivity contribution in [3.05, 3.63) is 40.4 Å². The molecule has 2 rings (SSSR count). The molecule has 2 aromatic rings. The van der Waals surface area contributed by atoms with Crippen molar-refractivity contribution in [3.8, 4) is 5.75 Å². The van der Waals surface area contributed by atoms with Crippen LogP contribution in [-0.4, -0.2) is 24.7 Å².